The highest BCUT2D eigenvalue weighted by atomic mass is 32.1. The summed E-state index contributed by atoms with van der Waals surface area (Å²) in [5, 5.41) is 6.99. The van der Waals surface area contributed by atoms with Gasteiger partial charge in [0.25, 0.3) is 0 Å². The highest BCUT2D eigenvalue weighted by molar-refractivity contribution is 7.13. The largest absolute Gasteiger partial charge is 0.308 e. The number of fused-ring (bicyclic) bond motifs is 2. The molecule has 2 fully saturated rings. The smallest absolute Gasteiger partial charge is 0.142 e. The van der Waals surface area contributed by atoms with Gasteiger partial charge in [-0.2, -0.15) is 0 Å². The van der Waals surface area contributed by atoms with E-state index in [0.29, 0.717) is 16.9 Å². The Morgan fingerprint density at radius 3 is 2.83 bits per heavy atom. The lowest BCUT2D eigenvalue weighted by Crippen LogP contribution is -2.44. The third-order valence-corrected chi connectivity index (χ3v) is 7.67. The number of aromatic nitrogens is 2. The van der Waals surface area contributed by atoms with Gasteiger partial charge in [-0.3, -0.25) is 4.98 Å². The van der Waals surface area contributed by atoms with Crippen LogP contribution in [-0.4, -0.2) is 16.0 Å². The van der Waals surface area contributed by atoms with Crippen molar-refractivity contribution in [2.24, 2.45) is 16.7 Å². The molecule has 0 radical (unpaired) electrons. The van der Waals surface area contributed by atoms with Gasteiger partial charge < -0.3 is 5.32 Å². The normalized spacial score (nSPS) is 31.6. The highest BCUT2D eigenvalue weighted by Gasteiger charge is 2.60. The summed E-state index contributed by atoms with van der Waals surface area (Å²) in [6.07, 6.45) is 5.91. The first-order valence-electron chi connectivity index (χ1n) is 8.60. The molecule has 0 unspecified atom stereocenters. The van der Waals surface area contributed by atoms with Gasteiger partial charge in [0, 0.05) is 24.2 Å². The molecule has 2 aromatic heterocycles. The maximum atomic E-state index is 4.76. The number of thiazole rings is 1. The van der Waals surface area contributed by atoms with E-state index in [1.54, 1.807) is 11.3 Å². The zero-order valence-electron chi connectivity index (χ0n) is 14.2. The van der Waals surface area contributed by atoms with Crippen molar-refractivity contribution >= 4 is 11.3 Å². The van der Waals surface area contributed by atoms with Crippen molar-refractivity contribution in [1.82, 2.24) is 15.3 Å². The molecule has 3 atom stereocenters. The van der Waals surface area contributed by atoms with Gasteiger partial charge in [-0.25, -0.2) is 4.98 Å². The molecule has 0 spiro atoms. The number of nitrogens with zero attached hydrogens (tertiary/aromatic N) is 2. The molecule has 2 aliphatic carbocycles. The van der Waals surface area contributed by atoms with Crippen LogP contribution in [0.15, 0.2) is 29.8 Å². The monoisotopic (exact) mass is 327 g/mol. The Hall–Kier alpha value is -1.26. The summed E-state index contributed by atoms with van der Waals surface area (Å²) < 4.78 is 0. The molecule has 23 heavy (non-hydrogen) atoms. The fourth-order valence-corrected chi connectivity index (χ4v) is 5.53. The summed E-state index contributed by atoms with van der Waals surface area (Å²) in [6, 6.07) is 6.60. The first kappa shape index (κ1) is 15.3. The van der Waals surface area contributed by atoms with Crippen LogP contribution in [0.1, 0.15) is 45.7 Å². The standard InChI is InChI=1S/C19H25N3S/c1-18(2)13-7-8-19(18,3)16(10-13)21-11-14-12-23-17(22-14)15-6-4-5-9-20-15/h4-6,9,12-13,16,21H,7-8,10-11H2,1-3H3/t13-,16+,19-/m0/s1. The Balaban J connectivity index is 1.44. The molecule has 0 aliphatic heterocycles. The Kier molecular flexibility index (Phi) is 3.58. The van der Waals surface area contributed by atoms with Crippen molar-refractivity contribution in [3.63, 3.8) is 0 Å². The minimum absolute atomic E-state index is 0.428. The zero-order chi connectivity index (χ0) is 16.1. The van der Waals surface area contributed by atoms with Crippen molar-refractivity contribution < 1.29 is 0 Å². The predicted molar refractivity (Wildman–Crippen MR) is 95.2 cm³/mol. The quantitative estimate of drug-likeness (QED) is 0.898. The van der Waals surface area contributed by atoms with Crippen LogP contribution in [0.3, 0.4) is 0 Å². The van der Waals surface area contributed by atoms with E-state index in [1.165, 1.54) is 19.3 Å². The average molecular weight is 327 g/mol. The van der Waals surface area contributed by atoms with Gasteiger partial charge in [0.1, 0.15) is 5.01 Å². The molecule has 4 heteroatoms. The molecule has 0 saturated heterocycles. The van der Waals surface area contributed by atoms with Gasteiger partial charge in [-0.15, -0.1) is 11.3 Å². The van der Waals surface area contributed by atoms with Crippen LogP contribution in [0.25, 0.3) is 10.7 Å². The van der Waals surface area contributed by atoms with Crippen LogP contribution in [0.4, 0.5) is 0 Å². The molecule has 2 saturated carbocycles. The molecule has 2 heterocycles. The zero-order valence-corrected chi connectivity index (χ0v) is 15.0. The second-order valence-electron chi connectivity index (χ2n) is 7.90. The van der Waals surface area contributed by atoms with E-state index in [4.69, 9.17) is 4.98 Å². The molecule has 2 aliphatic rings. The van der Waals surface area contributed by atoms with Crippen molar-refractivity contribution in [1.29, 1.82) is 0 Å². The lowest BCUT2D eigenvalue weighted by atomic mass is 9.69. The molecule has 4 rings (SSSR count). The minimum atomic E-state index is 0.428. The van der Waals surface area contributed by atoms with E-state index < -0.39 is 0 Å². The average Bonchev–Trinajstić information content (AvgIpc) is 3.16. The third-order valence-electron chi connectivity index (χ3n) is 6.76. The Morgan fingerprint density at radius 2 is 2.17 bits per heavy atom. The van der Waals surface area contributed by atoms with Gasteiger partial charge >= 0.3 is 0 Å². The van der Waals surface area contributed by atoms with E-state index in [9.17, 15) is 0 Å². The van der Waals surface area contributed by atoms with E-state index in [1.807, 2.05) is 24.4 Å². The van der Waals surface area contributed by atoms with Gasteiger partial charge in [-0.1, -0.05) is 26.8 Å². The first-order chi connectivity index (χ1) is 11.0. The van der Waals surface area contributed by atoms with Crippen molar-refractivity contribution in [2.45, 2.75) is 52.6 Å². The van der Waals surface area contributed by atoms with Crippen LogP contribution in [0.5, 0.6) is 0 Å². The summed E-state index contributed by atoms with van der Waals surface area (Å²) in [5.74, 6) is 0.879. The summed E-state index contributed by atoms with van der Waals surface area (Å²) >= 11 is 1.69. The van der Waals surface area contributed by atoms with Gasteiger partial charge in [0.15, 0.2) is 0 Å². The molecule has 122 valence electrons. The van der Waals surface area contributed by atoms with Crippen molar-refractivity contribution in [3.05, 3.63) is 35.5 Å². The second-order valence-corrected chi connectivity index (χ2v) is 8.76. The third kappa shape index (κ3) is 2.34. The van der Waals surface area contributed by atoms with Crippen molar-refractivity contribution in [2.75, 3.05) is 0 Å². The van der Waals surface area contributed by atoms with E-state index in [0.717, 1.165) is 28.9 Å². The second kappa shape index (κ2) is 5.38. The Bertz CT molecular complexity index is 694. The van der Waals surface area contributed by atoms with Crippen LogP contribution in [-0.2, 0) is 6.54 Å². The van der Waals surface area contributed by atoms with Crippen molar-refractivity contribution in [3.8, 4) is 10.7 Å². The maximum absolute atomic E-state index is 4.76. The summed E-state index contributed by atoms with van der Waals surface area (Å²) in [6.45, 7) is 8.28. The number of pyridine rings is 1. The molecule has 0 amide bonds. The Labute approximate surface area is 142 Å². The molecule has 1 N–H and O–H groups in total. The lowest BCUT2D eigenvalue weighted by Gasteiger charge is -2.39. The first-order valence-corrected chi connectivity index (χ1v) is 9.48. The number of nitrogens with one attached hydrogen (secondary N) is 1. The topological polar surface area (TPSA) is 37.8 Å². The maximum Gasteiger partial charge on any atom is 0.142 e. The molecule has 2 aromatic rings. The molecular weight excluding hydrogens is 302 g/mol. The molecule has 3 nitrogen and oxygen atoms in total. The van der Waals surface area contributed by atoms with E-state index in [-0.39, 0.29) is 0 Å². The van der Waals surface area contributed by atoms with Gasteiger partial charge in [0.2, 0.25) is 0 Å². The van der Waals surface area contributed by atoms with E-state index >= 15 is 0 Å². The summed E-state index contributed by atoms with van der Waals surface area (Å²) in [4.78, 5) is 9.14. The number of hydrogen-bond donors (Lipinski definition) is 1. The molecule has 0 aromatic carbocycles. The van der Waals surface area contributed by atoms with Crippen LogP contribution in [0.2, 0.25) is 0 Å². The summed E-state index contributed by atoms with van der Waals surface area (Å²) in [7, 11) is 0. The predicted octanol–water partition coefficient (Wildman–Crippen LogP) is 4.51. The number of rotatable bonds is 4. The van der Waals surface area contributed by atoms with Crippen LogP contribution < -0.4 is 5.32 Å². The lowest BCUT2D eigenvalue weighted by molar-refractivity contribution is 0.120. The van der Waals surface area contributed by atoms with Crippen LogP contribution in [0, 0.1) is 16.7 Å². The SMILES string of the molecule is CC1(C)[C@H]2CC[C@@]1(C)[C@H](NCc1csc(-c3ccccn3)n1)C2. The van der Waals surface area contributed by atoms with Gasteiger partial charge in [-0.05, 0) is 48.1 Å². The van der Waals surface area contributed by atoms with Crippen LogP contribution >= 0.6 is 11.3 Å². The van der Waals surface area contributed by atoms with E-state index in [2.05, 4.69) is 36.5 Å². The summed E-state index contributed by atoms with van der Waals surface area (Å²) in [5.41, 5.74) is 3.00. The highest BCUT2D eigenvalue weighted by Crippen LogP contribution is 2.65. The Morgan fingerprint density at radius 1 is 1.30 bits per heavy atom. The number of hydrogen-bond acceptors (Lipinski definition) is 4. The molecule has 2 bridgehead atoms. The fourth-order valence-electron chi connectivity index (χ4n) is 4.74. The molecular formula is C19H25N3S. The minimum Gasteiger partial charge on any atom is -0.308 e. The fraction of sp³-hybridized carbons (Fsp3) is 0.579. The van der Waals surface area contributed by atoms with Gasteiger partial charge in [0.05, 0.1) is 11.4 Å².